The van der Waals surface area contributed by atoms with Crippen molar-refractivity contribution in [2.45, 2.75) is 19.4 Å². The van der Waals surface area contributed by atoms with Crippen molar-refractivity contribution in [1.29, 1.82) is 0 Å². The first kappa shape index (κ1) is 13.2. The fraction of sp³-hybridized carbons (Fsp3) is 0.267. The lowest BCUT2D eigenvalue weighted by atomic mass is 9.98. The standard InChI is InChI=1S/C15H17BrN2/c1-11-13(7-5-9-18-11)15(17-2)10-12-6-3-4-8-14(12)16/h3-9,15,17H,10H2,1-2H3. The Kier molecular flexibility index (Phi) is 4.50. The van der Waals surface area contributed by atoms with E-state index >= 15 is 0 Å². The second-order valence-corrected chi connectivity index (χ2v) is 5.17. The van der Waals surface area contributed by atoms with E-state index in [9.17, 15) is 0 Å². The fourth-order valence-electron chi connectivity index (χ4n) is 2.12. The molecule has 0 spiro atoms. The van der Waals surface area contributed by atoms with Gasteiger partial charge in [-0.05, 0) is 43.7 Å². The summed E-state index contributed by atoms with van der Waals surface area (Å²) >= 11 is 3.60. The lowest BCUT2D eigenvalue weighted by molar-refractivity contribution is 0.585. The van der Waals surface area contributed by atoms with Crippen molar-refractivity contribution in [2.24, 2.45) is 0 Å². The average molecular weight is 305 g/mol. The number of likely N-dealkylation sites (N-methyl/N-ethyl adjacent to an activating group) is 1. The topological polar surface area (TPSA) is 24.9 Å². The first-order chi connectivity index (χ1) is 8.72. The maximum Gasteiger partial charge on any atom is 0.0420 e. The summed E-state index contributed by atoms with van der Waals surface area (Å²) in [6, 6.07) is 12.8. The van der Waals surface area contributed by atoms with Crippen LogP contribution in [0.1, 0.15) is 22.9 Å². The summed E-state index contributed by atoms with van der Waals surface area (Å²) in [6.45, 7) is 2.06. The summed E-state index contributed by atoms with van der Waals surface area (Å²) in [5, 5.41) is 3.37. The molecule has 0 amide bonds. The molecule has 0 aliphatic carbocycles. The highest BCUT2D eigenvalue weighted by atomic mass is 79.9. The number of aromatic nitrogens is 1. The average Bonchev–Trinajstić information content (AvgIpc) is 2.39. The Hall–Kier alpha value is -1.19. The molecule has 1 atom stereocenters. The number of benzene rings is 1. The number of rotatable bonds is 4. The summed E-state index contributed by atoms with van der Waals surface area (Å²) < 4.78 is 1.16. The first-order valence-electron chi connectivity index (χ1n) is 6.04. The molecule has 1 aromatic carbocycles. The molecule has 1 unspecified atom stereocenters. The molecule has 0 saturated carbocycles. The second kappa shape index (κ2) is 6.12. The molecule has 0 bridgehead atoms. The molecule has 0 aliphatic heterocycles. The summed E-state index contributed by atoms with van der Waals surface area (Å²) in [5.74, 6) is 0. The molecule has 2 aromatic rings. The summed E-state index contributed by atoms with van der Waals surface area (Å²) in [6.07, 6.45) is 2.79. The van der Waals surface area contributed by atoms with Crippen molar-refractivity contribution in [3.8, 4) is 0 Å². The van der Waals surface area contributed by atoms with Crippen molar-refractivity contribution in [1.82, 2.24) is 10.3 Å². The smallest absolute Gasteiger partial charge is 0.0420 e. The summed E-state index contributed by atoms with van der Waals surface area (Å²) in [7, 11) is 1.99. The van der Waals surface area contributed by atoms with Crippen LogP contribution in [0.5, 0.6) is 0 Å². The number of nitrogens with one attached hydrogen (secondary N) is 1. The highest BCUT2D eigenvalue weighted by Gasteiger charge is 2.13. The molecule has 0 saturated heterocycles. The number of pyridine rings is 1. The largest absolute Gasteiger partial charge is 0.313 e. The lowest BCUT2D eigenvalue weighted by Gasteiger charge is -2.19. The number of halogens is 1. The van der Waals surface area contributed by atoms with Crippen LogP contribution in [0.25, 0.3) is 0 Å². The van der Waals surface area contributed by atoms with Gasteiger partial charge in [-0.15, -0.1) is 0 Å². The van der Waals surface area contributed by atoms with Crippen molar-refractivity contribution in [2.75, 3.05) is 7.05 Å². The molecule has 1 N–H and O–H groups in total. The predicted molar refractivity (Wildman–Crippen MR) is 78.6 cm³/mol. The second-order valence-electron chi connectivity index (χ2n) is 4.31. The third-order valence-corrected chi connectivity index (χ3v) is 3.93. The van der Waals surface area contributed by atoms with E-state index in [1.54, 1.807) is 0 Å². The van der Waals surface area contributed by atoms with Crippen molar-refractivity contribution in [3.05, 3.63) is 63.9 Å². The van der Waals surface area contributed by atoms with E-state index in [0.29, 0.717) is 0 Å². The molecule has 2 rings (SSSR count). The number of aryl methyl sites for hydroxylation is 1. The quantitative estimate of drug-likeness (QED) is 0.932. The number of hydrogen-bond acceptors (Lipinski definition) is 2. The molecule has 2 nitrogen and oxygen atoms in total. The van der Waals surface area contributed by atoms with Crippen LogP contribution in [0.2, 0.25) is 0 Å². The number of hydrogen-bond donors (Lipinski definition) is 1. The van der Waals surface area contributed by atoms with Gasteiger partial charge < -0.3 is 5.32 Å². The molecule has 0 aliphatic rings. The molecule has 0 fully saturated rings. The van der Waals surface area contributed by atoms with Gasteiger partial charge in [0.25, 0.3) is 0 Å². The number of nitrogens with zero attached hydrogens (tertiary/aromatic N) is 1. The maximum atomic E-state index is 4.36. The van der Waals surface area contributed by atoms with Crippen LogP contribution in [-0.2, 0) is 6.42 Å². The molecular formula is C15H17BrN2. The molecular weight excluding hydrogens is 288 g/mol. The van der Waals surface area contributed by atoms with Gasteiger partial charge in [0, 0.05) is 22.4 Å². The highest BCUT2D eigenvalue weighted by Crippen LogP contribution is 2.24. The zero-order chi connectivity index (χ0) is 13.0. The Morgan fingerprint density at radius 2 is 2.00 bits per heavy atom. The Balaban J connectivity index is 2.26. The lowest BCUT2D eigenvalue weighted by Crippen LogP contribution is -2.20. The van der Waals surface area contributed by atoms with E-state index in [2.05, 4.69) is 57.4 Å². The maximum absolute atomic E-state index is 4.36. The van der Waals surface area contributed by atoms with Gasteiger partial charge in [-0.2, -0.15) is 0 Å². The zero-order valence-corrected chi connectivity index (χ0v) is 12.2. The minimum Gasteiger partial charge on any atom is -0.313 e. The minimum absolute atomic E-state index is 0.289. The molecule has 94 valence electrons. The highest BCUT2D eigenvalue weighted by molar-refractivity contribution is 9.10. The van der Waals surface area contributed by atoms with Crippen LogP contribution >= 0.6 is 15.9 Å². The SMILES string of the molecule is CNC(Cc1ccccc1Br)c1cccnc1C. The van der Waals surface area contributed by atoms with Gasteiger partial charge >= 0.3 is 0 Å². The third-order valence-electron chi connectivity index (χ3n) is 3.15. The van der Waals surface area contributed by atoms with Crippen molar-refractivity contribution < 1.29 is 0 Å². The Morgan fingerprint density at radius 1 is 1.22 bits per heavy atom. The van der Waals surface area contributed by atoms with Gasteiger partial charge in [0.15, 0.2) is 0 Å². The van der Waals surface area contributed by atoms with Crippen LogP contribution in [0.15, 0.2) is 47.1 Å². The summed E-state index contributed by atoms with van der Waals surface area (Å²) in [4.78, 5) is 4.36. The van der Waals surface area contributed by atoms with Crippen LogP contribution in [0.3, 0.4) is 0 Å². The molecule has 1 aromatic heterocycles. The van der Waals surface area contributed by atoms with Gasteiger partial charge in [-0.3, -0.25) is 4.98 Å². The summed E-state index contributed by atoms with van der Waals surface area (Å²) in [5.41, 5.74) is 3.65. The molecule has 3 heteroatoms. The Labute approximate surface area is 117 Å². The van der Waals surface area contributed by atoms with E-state index in [-0.39, 0.29) is 6.04 Å². The predicted octanol–water partition coefficient (Wildman–Crippen LogP) is 3.66. The van der Waals surface area contributed by atoms with E-state index in [1.165, 1.54) is 11.1 Å². The van der Waals surface area contributed by atoms with Gasteiger partial charge in [0.1, 0.15) is 0 Å². The molecule has 0 radical (unpaired) electrons. The van der Waals surface area contributed by atoms with Gasteiger partial charge in [0.2, 0.25) is 0 Å². The zero-order valence-electron chi connectivity index (χ0n) is 10.7. The van der Waals surface area contributed by atoms with Crippen LogP contribution in [0.4, 0.5) is 0 Å². The third kappa shape index (κ3) is 2.98. The van der Waals surface area contributed by atoms with Crippen LogP contribution in [-0.4, -0.2) is 12.0 Å². The monoisotopic (exact) mass is 304 g/mol. The molecule has 1 heterocycles. The van der Waals surface area contributed by atoms with E-state index < -0.39 is 0 Å². The van der Waals surface area contributed by atoms with Gasteiger partial charge in [0.05, 0.1) is 0 Å². The van der Waals surface area contributed by atoms with E-state index in [4.69, 9.17) is 0 Å². The van der Waals surface area contributed by atoms with Crippen molar-refractivity contribution in [3.63, 3.8) is 0 Å². The van der Waals surface area contributed by atoms with Crippen LogP contribution in [0, 0.1) is 6.92 Å². The van der Waals surface area contributed by atoms with E-state index in [1.807, 2.05) is 25.4 Å². The minimum atomic E-state index is 0.289. The fourth-order valence-corrected chi connectivity index (χ4v) is 2.56. The van der Waals surface area contributed by atoms with Crippen molar-refractivity contribution >= 4 is 15.9 Å². The van der Waals surface area contributed by atoms with E-state index in [0.717, 1.165) is 16.6 Å². The molecule has 18 heavy (non-hydrogen) atoms. The van der Waals surface area contributed by atoms with Gasteiger partial charge in [-0.25, -0.2) is 0 Å². The Bertz CT molecular complexity index is 525. The van der Waals surface area contributed by atoms with Crippen LogP contribution < -0.4 is 5.32 Å². The first-order valence-corrected chi connectivity index (χ1v) is 6.84. The Morgan fingerprint density at radius 3 is 2.67 bits per heavy atom. The van der Waals surface area contributed by atoms with Gasteiger partial charge in [-0.1, -0.05) is 40.2 Å². The normalized spacial score (nSPS) is 12.4.